The second-order valence-electron chi connectivity index (χ2n) is 6.31. The van der Waals surface area contributed by atoms with Gasteiger partial charge in [0.05, 0.1) is 22.3 Å². The predicted molar refractivity (Wildman–Crippen MR) is 77.6 cm³/mol. The second-order valence-corrected chi connectivity index (χ2v) is 9.58. The summed E-state index contributed by atoms with van der Waals surface area (Å²) in [7, 11) is 0. The Labute approximate surface area is 140 Å². The fourth-order valence-electron chi connectivity index (χ4n) is 5.30. The average Bonchev–Trinajstić information content (AvgIpc) is 2.91. The highest BCUT2D eigenvalue weighted by atomic mass is 35.5. The van der Waals surface area contributed by atoms with Gasteiger partial charge in [-0.15, -0.1) is 23.2 Å². The van der Waals surface area contributed by atoms with Crippen molar-refractivity contribution in [1.29, 1.82) is 0 Å². The van der Waals surface area contributed by atoms with E-state index in [4.69, 9.17) is 74.3 Å². The molecule has 7 heteroatoms. The minimum atomic E-state index is -1.37. The Kier molecular flexibility index (Phi) is 2.18. The number of rotatable bonds is 0. The SMILES string of the molecule is ClC1=C(Cl)[C@]2(Cl)[C@H]3[C@H]4C[C@H]([C@@H]5O[C@H]45)[C@H]3[C@]1(Cl)C2(Cl)Cl. The van der Waals surface area contributed by atoms with Crippen molar-refractivity contribution in [1.82, 2.24) is 0 Å². The molecule has 1 heterocycles. The minimum absolute atomic E-state index is 0.0467. The van der Waals surface area contributed by atoms with Crippen LogP contribution in [0.5, 0.6) is 0 Å². The van der Waals surface area contributed by atoms with Crippen LogP contribution in [0.3, 0.4) is 0 Å². The summed E-state index contributed by atoms with van der Waals surface area (Å²) in [5.41, 5.74) is 0. The molecular weight excluding hydrogens is 373 g/mol. The van der Waals surface area contributed by atoms with Crippen molar-refractivity contribution < 1.29 is 4.74 Å². The number of epoxide rings is 1. The van der Waals surface area contributed by atoms with Crippen molar-refractivity contribution >= 4 is 69.6 Å². The molecule has 4 fully saturated rings. The van der Waals surface area contributed by atoms with Crippen molar-refractivity contribution in [2.24, 2.45) is 23.7 Å². The molecule has 5 aliphatic rings. The van der Waals surface area contributed by atoms with Crippen molar-refractivity contribution in [3.8, 4) is 0 Å². The molecule has 0 N–H and O–H groups in total. The van der Waals surface area contributed by atoms with E-state index in [9.17, 15) is 0 Å². The molecule has 0 unspecified atom stereocenters. The second kappa shape index (κ2) is 3.20. The zero-order valence-corrected chi connectivity index (χ0v) is 13.9. The Hall–Kier alpha value is 1.44. The van der Waals surface area contributed by atoms with Gasteiger partial charge in [0, 0.05) is 0 Å². The first kappa shape index (κ1) is 12.9. The molecule has 1 aliphatic heterocycles. The number of alkyl halides is 4. The van der Waals surface area contributed by atoms with E-state index in [1.807, 2.05) is 0 Å². The lowest BCUT2D eigenvalue weighted by atomic mass is 9.73. The van der Waals surface area contributed by atoms with Gasteiger partial charge in [0.25, 0.3) is 0 Å². The van der Waals surface area contributed by atoms with Crippen molar-refractivity contribution in [2.75, 3.05) is 0 Å². The van der Waals surface area contributed by atoms with Crippen LogP contribution in [0.25, 0.3) is 0 Å². The summed E-state index contributed by atoms with van der Waals surface area (Å²) in [6.07, 6.45) is 1.63. The summed E-state index contributed by atoms with van der Waals surface area (Å²) in [5.74, 6) is 0.776. The number of ether oxygens (including phenoxy) is 1. The van der Waals surface area contributed by atoms with E-state index in [2.05, 4.69) is 0 Å². The van der Waals surface area contributed by atoms with Gasteiger partial charge in [-0.1, -0.05) is 46.4 Å². The van der Waals surface area contributed by atoms with Gasteiger partial charge in [-0.25, -0.2) is 0 Å². The van der Waals surface area contributed by atoms with Gasteiger partial charge in [0.15, 0.2) is 4.33 Å². The van der Waals surface area contributed by atoms with Crippen LogP contribution in [-0.4, -0.2) is 26.3 Å². The summed E-state index contributed by atoms with van der Waals surface area (Å²) in [6.45, 7) is 0. The Morgan fingerprint density at radius 2 is 1.26 bits per heavy atom. The van der Waals surface area contributed by atoms with Gasteiger partial charge in [0.2, 0.25) is 0 Å². The monoisotopic (exact) mass is 378 g/mol. The predicted octanol–water partition coefficient (Wildman–Crippen LogP) is 4.48. The maximum atomic E-state index is 6.82. The fourth-order valence-corrected chi connectivity index (χ4v) is 8.43. The smallest absolute Gasteiger partial charge is 0.166 e. The van der Waals surface area contributed by atoms with E-state index >= 15 is 0 Å². The Morgan fingerprint density at radius 3 is 1.68 bits per heavy atom. The lowest BCUT2D eigenvalue weighted by Crippen LogP contribution is -2.46. The van der Waals surface area contributed by atoms with Gasteiger partial charge in [0.1, 0.15) is 9.75 Å². The van der Waals surface area contributed by atoms with Crippen molar-refractivity contribution in [3.05, 3.63) is 10.1 Å². The van der Waals surface area contributed by atoms with Crippen LogP contribution in [0.4, 0.5) is 0 Å². The molecule has 0 aromatic heterocycles. The lowest BCUT2D eigenvalue weighted by molar-refractivity contribution is 0.237. The molecule has 0 spiro atoms. The highest BCUT2D eigenvalue weighted by Gasteiger charge is 2.89. The third-order valence-corrected chi connectivity index (χ3v) is 10.2. The highest BCUT2D eigenvalue weighted by Crippen LogP contribution is 2.84. The summed E-state index contributed by atoms with van der Waals surface area (Å²) in [6, 6.07) is 0. The molecule has 0 aromatic carbocycles. The Morgan fingerprint density at radius 1 is 0.842 bits per heavy atom. The van der Waals surface area contributed by atoms with Crippen molar-refractivity contribution in [3.63, 3.8) is 0 Å². The normalized spacial score (nSPS) is 66.6. The zero-order chi connectivity index (χ0) is 13.5. The van der Waals surface area contributed by atoms with E-state index in [0.29, 0.717) is 21.9 Å². The fraction of sp³-hybridized carbons (Fsp3) is 0.833. The number of allylic oxidation sites excluding steroid dienone is 2. The first-order chi connectivity index (χ1) is 8.78. The summed E-state index contributed by atoms with van der Waals surface area (Å²) >= 11 is 39.5. The molecule has 0 aromatic rings. The highest BCUT2D eigenvalue weighted by molar-refractivity contribution is 6.65. The van der Waals surface area contributed by atoms with Crippen LogP contribution < -0.4 is 0 Å². The minimum Gasteiger partial charge on any atom is -0.369 e. The van der Waals surface area contributed by atoms with Gasteiger partial charge >= 0.3 is 0 Å². The topological polar surface area (TPSA) is 12.5 Å². The van der Waals surface area contributed by atoms with E-state index in [1.54, 1.807) is 0 Å². The molecule has 104 valence electrons. The molecular formula is C12H8Cl6O. The molecule has 3 saturated carbocycles. The third kappa shape index (κ3) is 0.986. The van der Waals surface area contributed by atoms with E-state index in [0.717, 1.165) is 6.42 Å². The molecule has 19 heavy (non-hydrogen) atoms. The molecule has 1 nitrogen and oxygen atoms in total. The zero-order valence-electron chi connectivity index (χ0n) is 9.35. The molecule has 8 atom stereocenters. The lowest BCUT2D eigenvalue weighted by Gasteiger charge is -2.38. The van der Waals surface area contributed by atoms with Gasteiger partial charge in [-0.3, -0.25) is 0 Å². The average molecular weight is 381 g/mol. The van der Waals surface area contributed by atoms with Crippen LogP contribution in [0.1, 0.15) is 6.42 Å². The number of halogens is 6. The maximum absolute atomic E-state index is 6.82. The summed E-state index contributed by atoms with van der Waals surface area (Å²) < 4.78 is 4.35. The largest absolute Gasteiger partial charge is 0.369 e. The van der Waals surface area contributed by atoms with Crippen molar-refractivity contribution in [2.45, 2.75) is 32.7 Å². The van der Waals surface area contributed by atoms with Crippen LogP contribution in [-0.2, 0) is 4.74 Å². The first-order valence-corrected chi connectivity index (χ1v) is 8.52. The van der Waals surface area contributed by atoms with Gasteiger partial charge in [-0.2, -0.15) is 0 Å². The Bertz CT molecular complexity index is 516. The molecule has 1 saturated heterocycles. The van der Waals surface area contributed by atoms with Crippen LogP contribution >= 0.6 is 69.6 Å². The quantitative estimate of drug-likeness (QED) is 0.343. The van der Waals surface area contributed by atoms with Crippen LogP contribution in [0.15, 0.2) is 10.1 Å². The van der Waals surface area contributed by atoms with Gasteiger partial charge in [-0.05, 0) is 30.1 Å². The molecule has 0 amide bonds. The van der Waals surface area contributed by atoms with E-state index in [-0.39, 0.29) is 24.0 Å². The number of hydrogen-bond donors (Lipinski definition) is 0. The maximum Gasteiger partial charge on any atom is 0.166 e. The van der Waals surface area contributed by atoms with Crippen LogP contribution in [0, 0.1) is 23.7 Å². The van der Waals surface area contributed by atoms with Gasteiger partial charge < -0.3 is 4.74 Å². The van der Waals surface area contributed by atoms with E-state index in [1.165, 1.54) is 0 Å². The number of fused-ring (bicyclic) bond motifs is 12. The molecule has 4 aliphatic carbocycles. The summed E-state index contributed by atoms with van der Waals surface area (Å²) in [4.78, 5) is -2.17. The van der Waals surface area contributed by atoms with Crippen LogP contribution in [0.2, 0.25) is 0 Å². The Balaban J connectivity index is 1.80. The first-order valence-electron chi connectivity index (χ1n) is 6.25. The van der Waals surface area contributed by atoms with E-state index < -0.39 is 14.1 Å². The summed E-state index contributed by atoms with van der Waals surface area (Å²) in [5, 5.41) is 0.642. The molecule has 4 bridgehead atoms. The molecule has 5 rings (SSSR count). The third-order valence-electron chi connectivity index (χ3n) is 5.92. The number of hydrogen-bond acceptors (Lipinski definition) is 1. The standard InChI is InChI=1S/C12H8Cl6O/c13-8-9(14)11(16)5-3-1-2(6-7(3)19-6)4(5)10(8,15)12(11,17)18/h2-7H,1H2/t2-,3+,4+,5-,6-,7+,10-,11-/m1/s1. The molecule has 0 radical (unpaired) electrons.